The van der Waals surface area contributed by atoms with Crippen LogP contribution in [0, 0.1) is 6.92 Å². The first kappa shape index (κ1) is 15.8. The van der Waals surface area contributed by atoms with Crippen molar-refractivity contribution >= 4 is 40.0 Å². The molecule has 0 fully saturated rings. The first-order chi connectivity index (χ1) is 11.1. The van der Waals surface area contributed by atoms with Crippen molar-refractivity contribution in [2.45, 2.75) is 26.9 Å². The van der Waals surface area contributed by atoms with E-state index < -0.39 is 5.97 Å². The highest BCUT2D eigenvalue weighted by Crippen LogP contribution is 2.25. The molecule has 5 nitrogen and oxygen atoms in total. The maximum absolute atomic E-state index is 12.6. The zero-order valence-corrected chi connectivity index (χ0v) is 14.2. The topological polar surface area (TPSA) is 65.0 Å². The van der Waals surface area contributed by atoms with E-state index in [0.29, 0.717) is 15.6 Å². The van der Waals surface area contributed by atoms with Gasteiger partial charge in [-0.25, -0.2) is 4.79 Å². The fourth-order valence-corrected chi connectivity index (χ4v) is 3.06. The van der Waals surface area contributed by atoms with Gasteiger partial charge in [0.2, 0.25) is 0 Å². The summed E-state index contributed by atoms with van der Waals surface area (Å²) in [6, 6.07) is 7.56. The second-order valence-electron chi connectivity index (χ2n) is 5.00. The number of rotatable bonds is 4. The monoisotopic (exact) mass is 347 g/mol. The number of halogens is 1. The van der Waals surface area contributed by atoms with Gasteiger partial charge >= 0.3 is 5.97 Å². The number of carbonyl (C=O) groups is 1. The second kappa shape index (κ2) is 6.60. The minimum Gasteiger partial charge on any atom is -0.455 e. The molecular formula is C16H14ClN3O2S. The van der Waals surface area contributed by atoms with Crippen molar-refractivity contribution in [3.63, 3.8) is 0 Å². The predicted octanol–water partition coefficient (Wildman–Crippen LogP) is 3.97. The number of ether oxygens (including phenoxy) is 1. The molecule has 0 spiro atoms. The number of para-hydroxylation sites is 1. The lowest BCUT2D eigenvalue weighted by Crippen LogP contribution is -2.11. The maximum atomic E-state index is 12.6. The fraction of sp³-hybridized carbons (Fsp3) is 0.250. The van der Waals surface area contributed by atoms with Crippen molar-refractivity contribution in [3.8, 4) is 0 Å². The molecule has 0 saturated carbocycles. The fourth-order valence-electron chi connectivity index (χ4n) is 2.45. The average molecular weight is 348 g/mol. The first-order valence-corrected chi connectivity index (χ1v) is 8.29. The van der Waals surface area contributed by atoms with Crippen LogP contribution in [0.4, 0.5) is 0 Å². The van der Waals surface area contributed by atoms with Gasteiger partial charge in [0.25, 0.3) is 0 Å². The summed E-state index contributed by atoms with van der Waals surface area (Å²) in [5, 5.41) is 4.63. The smallest absolute Gasteiger partial charge is 0.339 e. The van der Waals surface area contributed by atoms with Crippen LogP contribution in [0.5, 0.6) is 0 Å². The van der Waals surface area contributed by atoms with Gasteiger partial charge in [0, 0.05) is 22.6 Å². The van der Waals surface area contributed by atoms with E-state index in [2.05, 4.69) is 14.6 Å². The van der Waals surface area contributed by atoms with Crippen LogP contribution in [-0.2, 0) is 17.8 Å². The Hall–Kier alpha value is -2.05. The predicted molar refractivity (Wildman–Crippen MR) is 89.9 cm³/mol. The lowest BCUT2D eigenvalue weighted by atomic mass is 10.0. The van der Waals surface area contributed by atoms with Gasteiger partial charge in [0.05, 0.1) is 11.1 Å². The summed E-state index contributed by atoms with van der Waals surface area (Å²) in [7, 11) is 0. The van der Waals surface area contributed by atoms with Gasteiger partial charge in [-0.2, -0.15) is 0 Å². The van der Waals surface area contributed by atoms with Crippen molar-refractivity contribution in [2.75, 3.05) is 0 Å². The number of hydrogen-bond donors (Lipinski definition) is 0. The Morgan fingerprint density at radius 3 is 2.78 bits per heavy atom. The SMILES string of the molecule is CCc1nc2ccccc2c(C(=O)OCc2nnsc2Cl)c1C. The normalized spacial score (nSPS) is 10.9. The minimum absolute atomic E-state index is 0.00567. The molecule has 0 bridgehead atoms. The van der Waals surface area contributed by atoms with E-state index in [-0.39, 0.29) is 6.61 Å². The third kappa shape index (κ3) is 3.04. The molecule has 2 aromatic heterocycles. The largest absolute Gasteiger partial charge is 0.455 e. The van der Waals surface area contributed by atoms with Gasteiger partial charge in [-0.1, -0.05) is 41.2 Å². The second-order valence-corrected chi connectivity index (χ2v) is 6.35. The summed E-state index contributed by atoms with van der Waals surface area (Å²) in [6.07, 6.45) is 0.749. The van der Waals surface area contributed by atoms with E-state index in [4.69, 9.17) is 16.3 Å². The van der Waals surface area contributed by atoms with Gasteiger partial charge in [-0.3, -0.25) is 4.98 Å². The van der Waals surface area contributed by atoms with E-state index >= 15 is 0 Å². The van der Waals surface area contributed by atoms with Crippen molar-refractivity contribution in [3.05, 3.63) is 51.1 Å². The zero-order valence-electron chi connectivity index (χ0n) is 12.7. The molecule has 0 aliphatic rings. The molecule has 0 aliphatic carbocycles. The Kier molecular flexibility index (Phi) is 4.54. The summed E-state index contributed by atoms with van der Waals surface area (Å²) >= 11 is 7.00. The lowest BCUT2D eigenvalue weighted by Gasteiger charge is -2.12. The average Bonchev–Trinajstić information content (AvgIpc) is 2.97. The third-order valence-electron chi connectivity index (χ3n) is 3.63. The highest BCUT2D eigenvalue weighted by atomic mass is 35.5. The molecule has 1 aromatic carbocycles. The van der Waals surface area contributed by atoms with Crippen LogP contribution in [0.25, 0.3) is 10.9 Å². The van der Waals surface area contributed by atoms with Gasteiger partial charge in [-0.15, -0.1) is 5.10 Å². The maximum Gasteiger partial charge on any atom is 0.339 e. The molecule has 0 N–H and O–H groups in total. The molecule has 0 amide bonds. The van der Waals surface area contributed by atoms with Crippen molar-refractivity contribution in [2.24, 2.45) is 0 Å². The highest BCUT2D eigenvalue weighted by Gasteiger charge is 2.19. The van der Waals surface area contributed by atoms with Gasteiger partial charge < -0.3 is 4.74 Å². The molecule has 118 valence electrons. The van der Waals surface area contributed by atoms with E-state index in [1.807, 2.05) is 38.1 Å². The highest BCUT2D eigenvalue weighted by molar-refractivity contribution is 7.10. The Morgan fingerprint density at radius 2 is 2.09 bits per heavy atom. The standard InChI is InChI=1S/C16H14ClN3O2S/c1-3-11-9(2)14(10-6-4-5-7-12(10)18-11)16(21)22-8-13-15(17)23-20-19-13/h4-7H,3,8H2,1-2H3. The number of pyridine rings is 1. The van der Waals surface area contributed by atoms with Crippen LogP contribution in [-0.4, -0.2) is 20.5 Å². The molecule has 0 saturated heterocycles. The first-order valence-electron chi connectivity index (χ1n) is 7.13. The minimum atomic E-state index is -0.403. The number of aromatic nitrogens is 3. The molecule has 7 heteroatoms. The molecule has 2 heterocycles. The quantitative estimate of drug-likeness (QED) is 0.668. The Balaban J connectivity index is 1.99. The molecule has 23 heavy (non-hydrogen) atoms. The molecule has 0 atom stereocenters. The summed E-state index contributed by atoms with van der Waals surface area (Å²) < 4.78 is 9.55. The summed E-state index contributed by atoms with van der Waals surface area (Å²) in [5.41, 5.74) is 3.54. The number of benzene rings is 1. The van der Waals surface area contributed by atoms with Crippen LogP contribution >= 0.6 is 23.1 Å². The van der Waals surface area contributed by atoms with E-state index in [1.165, 1.54) is 0 Å². The van der Waals surface area contributed by atoms with E-state index in [1.54, 1.807) is 0 Å². The Bertz CT molecular complexity index is 879. The van der Waals surface area contributed by atoms with Crippen LogP contribution in [0.2, 0.25) is 4.34 Å². The molecule has 0 unspecified atom stereocenters. The number of aryl methyl sites for hydroxylation is 1. The number of carbonyl (C=O) groups excluding carboxylic acids is 1. The summed E-state index contributed by atoms with van der Waals surface area (Å²) in [5.74, 6) is -0.403. The van der Waals surface area contributed by atoms with Crippen LogP contribution in [0.3, 0.4) is 0 Å². The van der Waals surface area contributed by atoms with Gasteiger partial charge in [0.1, 0.15) is 16.6 Å². The van der Waals surface area contributed by atoms with Crippen LogP contribution in [0.15, 0.2) is 24.3 Å². The Morgan fingerprint density at radius 1 is 1.30 bits per heavy atom. The summed E-state index contributed by atoms with van der Waals surface area (Å²) in [4.78, 5) is 17.2. The number of nitrogens with zero attached hydrogens (tertiary/aromatic N) is 3. The molecule has 0 aliphatic heterocycles. The molecular weight excluding hydrogens is 334 g/mol. The number of hydrogen-bond acceptors (Lipinski definition) is 6. The van der Waals surface area contributed by atoms with Crippen molar-refractivity contribution in [1.29, 1.82) is 0 Å². The van der Waals surface area contributed by atoms with Crippen molar-refractivity contribution in [1.82, 2.24) is 14.6 Å². The zero-order chi connectivity index (χ0) is 16.4. The van der Waals surface area contributed by atoms with Crippen LogP contribution < -0.4 is 0 Å². The van der Waals surface area contributed by atoms with Gasteiger partial charge in [-0.05, 0) is 25.0 Å². The number of esters is 1. The number of fused-ring (bicyclic) bond motifs is 1. The molecule has 3 aromatic rings. The van der Waals surface area contributed by atoms with E-state index in [9.17, 15) is 4.79 Å². The van der Waals surface area contributed by atoms with E-state index in [0.717, 1.165) is 40.1 Å². The van der Waals surface area contributed by atoms with Gasteiger partial charge in [0.15, 0.2) is 0 Å². The molecule has 0 radical (unpaired) electrons. The summed E-state index contributed by atoms with van der Waals surface area (Å²) in [6.45, 7) is 3.91. The lowest BCUT2D eigenvalue weighted by molar-refractivity contribution is 0.0469. The third-order valence-corrected chi connectivity index (χ3v) is 4.61. The van der Waals surface area contributed by atoms with Crippen molar-refractivity contribution < 1.29 is 9.53 Å². The Labute approximate surface area is 142 Å². The molecule has 3 rings (SSSR count). The van der Waals surface area contributed by atoms with Crippen LogP contribution in [0.1, 0.15) is 34.2 Å².